The number of aliphatic hydroxyl groups is 1. The van der Waals surface area contributed by atoms with Crippen LogP contribution in [0.1, 0.15) is 23.5 Å². The normalized spacial score (nSPS) is 20.5. The largest absolute Gasteiger partial charge is 0.448 e. The first-order chi connectivity index (χ1) is 14.1. The lowest BCUT2D eigenvalue weighted by atomic mass is 9.98. The Morgan fingerprint density at radius 1 is 1.14 bits per heavy atom. The fourth-order valence-electron chi connectivity index (χ4n) is 4.45. The van der Waals surface area contributed by atoms with Crippen molar-refractivity contribution < 1.29 is 14.6 Å². The van der Waals surface area contributed by atoms with Gasteiger partial charge >= 0.3 is 6.09 Å². The van der Waals surface area contributed by atoms with Crippen LogP contribution < -0.4 is 0 Å². The number of rotatable bonds is 4. The summed E-state index contributed by atoms with van der Waals surface area (Å²) in [6, 6.07) is 16.5. The van der Waals surface area contributed by atoms with Crippen molar-refractivity contribution >= 4 is 6.09 Å². The summed E-state index contributed by atoms with van der Waals surface area (Å²) in [4.78, 5) is 14.2. The summed E-state index contributed by atoms with van der Waals surface area (Å²) in [5.74, 6) is 0.0305. The predicted octanol–water partition coefficient (Wildman–Crippen LogP) is 2.66. The molecule has 3 aromatic rings. The lowest BCUT2D eigenvalue weighted by Gasteiger charge is -2.23. The van der Waals surface area contributed by atoms with E-state index >= 15 is 0 Å². The molecule has 2 aromatic carbocycles. The molecule has 0 bridgehead atoms. The SMILES string of the molecule is O=C(OCC1c2ccccc2-c2ccccc21)N1CCC(O)(Cn2ccnn2)C1. The second kappa shape index (κ2) is 7.00. The summed E-state index contributed by atoms with van der Waals surface area (Å²) in [6.07, 6.45) is 3.37. The number of likely N-dealkylation sites (tertiary alicyclic amines) is 1. The molecule has 148 valence electrons. The summed E-state index contributed by atoms with van der Waals surface area (Å²) >= 11 is 0. The van der Waals surface area contributed by atoms with Crippen molar-refractivity contribution in [2.45, 2.75) is 24.5 Å². The van der Waals surface area contributed by atoms with E-state index in [9.17, 15) is 9.90 Å². The number of amides is 1. The third kappa shape index (κ3) is 3.27. The van der Waals surface area contributed by atoms with Gasteiger partial charge in [-0.2, -0.15) is 0 Å². The average molecular weight is 390 g/mol. The highest BCUT2D eigenvalue weighted by molar-refractivity contribution is 5.79. The van der Waals surface area contributed by atoms with Gasteiger partial charge in [0, 0.05) is 18.7 Å². The molecule has 1 N–H and O–H groups in total. The second-order valence-electron chi connectivity index (χ2n) is 7.80. The van der Waals surface area contributed by atoms with Crippen molar-refractivity contribution in [1.29, 1.82) is 0 Å². The fourth-order valence-corrected chi connectivity index (χ4v) is 4.45. The quantitative estimate of drug-likeness (QED) is 0.741. The Morgan fingerprint density at radius 2 is 1.83 bits per heavy atom. The number of ether oxygens (including phenoxy) is 1. The zero-order valence-electron chi connectivity index (χ0n) is 15.9. The molecule has 1 aliphatic carbocycles. The Morgan fingerprint density at radius 3 is 2.48 bits per heavy atom. The van der Waals surface area contributed by atoms with Crippen LogP contribution in [0.3, 0.4) is 0 Å². The van der Waals surface area contributed by atoms with Gasteiger partial charge in [0.05, 0.1) is 19.3 Å². The zero-order valence-corrected chi connectivity index (χ0v) is 15.9. The number of benzene rings is 2. The highest BCUT2D eigenvalue weighted by Gasteiger charge is 2.40. The van der Waals surface area contributed by atoms with E-state index in [0.717, 1.165) is 0 Å². The van der Waals surface area contributed by atoms with Gasteiger partial charge in [-0.3, -0.25) is 0 Å². The lowest BCUT2D eigenvalue weighted by molar-refractivity contribution is 0.0255. The van der Waals surface area contributed by atoms with Gasteiger partial charge < -0.3 is 14.7 Å². The molecular weight excluding hydrogens is 368 g/mol. The van der Waals surface area contributed by atoms with Crippen LogP contribution in [0.15, 0.2) is 60.9 Å². The maximum Gasteiger partial charge on any atom is 0.409 e. The predicted molar refractivity (Wildman–Crippen MR) is 106 cm³/mol. The van der Waals surface area contributed by atoms with Crippen LogP contribution >= 0.6 is 0 Å². The van der Waals surface area contributed by atoms with Crippen LogP contribution in [0, 0.1) is 0 Å². The van der Waals surface area contributed by atoms with Crippen molar-refractivity contribution in [2.75, 3.05) is 19.7 Å². The third-order valence-electron chi connectivity index (χ3n) is 5.85. The lowest BCUT2D eigenvalue weighted by Crippen LogP contribution is -2.40. The van der Waals surface area contributed by atoms with Crippen LogP contribution in [0.25, 0.3) is 11.1 Å². The minimum absolute atomic E-state index is 0.0305. The standard InChI is InChI=1S/C22H22N4O3/c27-21(25-11-9-22(28,14-25)15-26-12-10-23-24-26)29-13-20-18-7-3-1-5-16(18)17-6-2-4-8-19(17)20/h1-8,10,12,20,28H,9,11,13-15H2. The number of hydrogen-bond donors (Lipinski definition) is 1. The Hall–Kier alpha value is -3.19. The topological polar surface area (TPSA) is 80.5 Å². The van der Waals surface area contributed by atoms with Crippen molar-refractivity contribution in [3.05, 3.63) is 72.1 Å². The molecule has 1 fully saturated rings. The van der Waals surface area contributed by atoms with Crippen LogP contribution in [0.4, 0.5) is 4.79 Å². The molecule has 7 heteroatoms. The van der Waals surface area contributed by atoms with Gasteiger partial charge in [-0.1, -0.05) is 53.7 Å². The Bertz CT molecular complexity index is 991. The summed E-state index contributed by atoms with van der Waals surface area (Å²) in [5, 5.41) is 18.4. The van der Waals surface area contributed by atoms with Gasteiger partial charge in [0.15, 0.2) is 0 Å². The highest BCUT2D eigenvalue weighted by atomic mass is 16.6. The maximum atomic E-state index is 12.7. The first-order valence-electron chi connectivity index (χ1n) is 9.79. The van der Waals surface area contributed by atoms with E-state index in [4.69, 9.17) is 4.74 Å². The van der Waals surface area contributed by atoms with Gasteiger partial charge in [-0.15, -0.1) is 5.10 Å². The van der Waals surface area contributed by atoms with Crippen molar-refractivity contribution in [3.63, 3.8) is 0 Å². The molecule has 1 aliphatic heterocycles. The van der Waals surface area contributed by atoms with E-state index in [1.54, 1.807) is 22.0 Å². The number of fused-ring (bicyclic) bond motifs is 3. The number of aromatic nitrogens is 3. The van der Waals surface area contributed by atoms with Crippen molar-refractivity contribution in [2.24, 2.45) is 0 Å². The minimum atomic E-state index is -1.01. The second-order valence-corrected chi connectivity index (χ2v) is 7.80. The smallest absolute Gasteiger partial charge is 0.409 e. The van der Waals surface area contributed by atoms with Gasteiger partial charge in [0.25, 0.3) is 0 Å². The molecule has 1 unspecified atom stereocenters. The Labute approximate surface area is 168 Å². The number of carbonyl (C=O) groups excluding carboxylic acids is 1. The molecule has 7 nitrogen and oxygen atoms in total. The number of β-amino-alcohol motifs (C(OH)–C–C–N with tert-alkyl or cyclic N) is 1. The molecule has 1 atom stereocenters. The van der Waals surface area contributed by atoms with E-state index in [0.29, 0.717) is 19.5 Å². The first kappa shape index (κ1) is 17.9. The van der Waals surface area contributed by atoms with Gasteiger partial charge in [0.1, 0.15) is 12.2 Å². The number of hydrogen-bond acceptors (Lipinski definition) is 5. The molecule has 0 spiro atoms. The summed E-state index contributed by atoms with van der Waals surface area (Å²) in [7, 11) is 0. The molecule has 2 aliphatic rings. The van der Waals surface area contributed by atoms with E-state index in [-0.39, 0.29) is 25.2 Å². The van der Waals surface area contributed by atoms with Crippen LogP contribution in [0.5, 0.6) is 0 Å². The van der Waals surface area contributed by atoms with Gasteiger partial charge in [-0.05, 0) is 28.7 Å². The Balaban J connectivity index is 1.26. The summed E-state index contributed by atoms with van der Waals surface area (Å²) < 4.78 is 7.28. The monoisotopic (exact) mass is 390 g/mol. The number of carbonyl (C=O) groups is 1. The third-order valence-corrected chi connectivity index (χ3v) is 5.85. The number of nitrogens with zero attached hydrogens (tertiary/aromatic N) is 4. The molecule has 1 saturated heterocycles. The average Bonchev–Trinajstić information content (AvgIpc) is 3.45. The van der Waals surface area contributed by atoms with E-state index in [1.165, 1.54) is 22.3 Å². The molecule has 29 heavy (non-hydrogen) atoms. The van der Waals surface area contributed by atoms with Crippen LogP contribution in [0.2, 0.25) is 0 Å². The maximum absolute atomic E-state index is 12.7. The summed E-state index contributed by atoms with van der Waals surface area (Å²) in [5.41, 5.74) is 3.76. The van der Waals surface area contributed by atoms with Crippen LogP contribution in [-0.4, -0.2) is 56.4 Å². The van der Waals surface area contributed by atoms with Gasteiger partial charge in [-0.25, -0.2) is 9.48 Å². The van der Waals surface area contributed by atoms with Gasteiger partial charge in [0.2, 0.25) is 0 Å². The van der Waals surface area contributed by atoms with E-state index < -0.39 is 5.60 Å². The first-order valence-corrected chi connectivity index (χ1v) is 9.79. The zero-order chi connectivity index (χ0) is 19.8. The molecular formula is C22H22N4O3. The molecule has 0 saturated carbocycles. The fraction of sp³-hybridized carbons (Fsp3) is 0.318. The van der Waals surface area contributed by atoms with E-state index in [2.05, 4.69) is 34.6 Å². The summed E-state index contributed by atoms with van der Waals surface area (Å²) in [6.45, 7) is 1.27. The molecule has 2 heterocycles. The van der Waals surface area contributed by atoms with Crippen LogP contribution in [-0.2, 0) is 11.3 Å². The Kier molecular flexibility index (Phi) is 4.32. The van der Waals surface area contributed by atoms with E-state index in [1.807, 2.05) is 24.3 Å². The molecule has 1 amide bonds. The molecule has 0 radical (unpaired) electrons. The molecule has 1 aromatic heterocycles. The van der Waals surface area contributed by atoms with Crippen molar-refractivity contribution in [1.82, 2.24) is 19.9 Å². The molecule has 5 rings (SSSR count). The minimum Gasteiger partial charge on any atom is -0.448 e. The van der Waals surface area contributed by atoms with Crippen molar-refractivity contribution in [3.8, 4) is 11.1 Å². The highest BCUT2D eigenvalue weighted by Crippen LogP contribution is 2.44.